The number of hydrogen-bond acceptors (Lipinski definition) is 2. The number of pyridine rings is 1. The van der Waals surface area contributed by atoms with Crippen molar-refractivity contribution in [2.75, 3.05) is 6.54 Å². The molecular formula is C9H11ClN2. The fourth-order valence-corrected chi connectivity index (χ4v) is 1.67. The molecule has 0 radical (unpaired) electrons. The summed E-state index contributed by atoms with van der Waals surface area (Å²) in [6.07, 6.45) is 1.17. The van der Waals surface area contributed by atoms with Crippen LogP contribution in [0.1, 0.15) is 18.0 Å². The van der Waals surface area contributed by atoms with Gasteiger partial charge in [0.1, 0.15) is 5.15 Å². The third-order valence-corrected chi connectivity index (χ3v) is 2.55. The lowest BCUT2D eigenvalue weighted by Crippen LogP contribution is -2.02. The molecular weight excluding hydrogens is 172 g/mol. The number of rotatable bonds is 2. The van der Waals surface area contributed by atoms with E-state index in [0.717, 1.165) is 12.2 Å². The summed E-state index contributed by atoms with van der Waals surface area (Å²) in [7, 11) is 0. The van der Waals surface area contributed by atoms with E-state index < -0.39 is 0 Å². The van der Waals surface area contributed by atoms with Crippen LogP contribution in [0.25, 0.3) is 0 Å². The average molecular weight is 183 g/mol. The molecule has 0 amide bonds. The molecule has 0 aromatic carbocycles. The van der Waals surface area contributed by atoms with E-state index in [9.17, 15) is 0 Å². The van der Waals surface area contributed by atoms with Crippen molar-refractivity contribution in [1.29, 1.82) is 0 Å². The van der Waals surface area contributed by atoms with E-state index in [2.05, 4.69) is 4.98 Å². The first kappa shape index (κ1) is 8.02. The molecule has 0 spiro atoms. The van der Waals surface area contributed by atoms with Crippen LogP contribution < -0.4 is 5.73 Å². The molecule has 3 heteroatoms. The van der Waals surface area contributed by atoms with Crippen LogP contribution in [0.2, 0.25) is 5.15 Å². The van der Waals surface area contributed by atoms with Gasteiger partial charge in [-0.05, 0) is 31.0 Å². The molecule has 2 N–H and O–H groups in total. The maximum atomic E-state index is 5.77. The fourth-order valence-electron chi connectivity index (χ4n) is 1.50. The molecule has 1 aliphatic rings. The first-order valence-electron chi connectivity index (χ1n) is 4.14. The van der Waals surface area contributed by atoms with Crippen LogP contribution in [0.4, 0.5) is 0 Å². The standard InChI is InChI=1S/C9H11ClN2/c10-9-3-1-2-8(12-9)7-4-6(7)5-11/h1-3,6-7H,4-5,11H2/t6-,7+/m0/s1. The zero-order valence-electron chi connectivity index (χ0n) is 6.70. The summed E-state index contributed by atoms with van der Waals surface area (Å²) in [5.74, 6) is 1.20. The molecule has 0 aliphatic heterocycles. The van der Waals surface area contributed by atoms with E-state index in [1.54, 1.807) is 6.07 Å². The van der Waals surface area contributed by atoms with Gasteiger partial charge in [0.05, 0.1) is 0 Å². The van der Waals surface area contributed by atoms with Crippen LogP contribution in [-0.2, 0) is 0 Å². The highest BCUT2D eigenvalue weighted by atomic mass is 35.5. The van der Waals surface area contributed by atoms with Gasteiger partial charge in [-0.15, -0.1) is 0 Å². The second kappa shape index (κ2) is 3.04. The van der Waals surface area contributed by atoms with Gasteiger partial charge in [-0.1, -0.05) is 17.7 Å². The smallest absolute Gasteiger partial charge is 0.129 e. The normalized spacial score (nSPS) is 27.2. The van der Waals surface area contributed by atoms with Crippen molar-refractivity contribution in [3.63, 3.8) is 0 Å². The van der Waals surface area contributed by atoms with Gasteiger partial charge in [-0.2, -0.15) is 0 Å². The Labute approximate surface area is 76.7 Å². The maximum absolute atomic E-state index is 5.77. The summed E-state index contributed by atoms with van der Waals surface area (Å²) in [5.41, 5.74) is 6.63. The second-order valence-corrected chi connectivity index (χ2v) is 3.61. The van der Waals surface area contributed by atoms with Crippen molar-refractivity contribution in [2.45, 2.75) is 12.3 Å². The van der Waals surface area contributed by atoms with E-state index in [4.69, 9.17) is 17.3 Å². The van der Waals surface area contributed by atoms with Gasteiger partial charge in [0.25, 0.3) is 0 Å². The van der Waals surface area contributed by atoms with Crippen molar-refractivity contribution in [3.05, 3.63) is 29.0 Å². The third-order valence-electron chi connectivity index (χ3n) is 2.34. The first-order valence-corrected chi connectivity index (χ1v) is 4.51. The van der Waals surface area contributed by atoms with Crippen LogP contribution >= 0.6 is 11.6 Å². The first-order chi connectivity index (χ1) is 5.81. The molecule has 1 heterocycles. The minimum absolute atomic E-state index is 0.564. The van der Waals surface area contributed by atoms with Gasteiger partial charge in [-0.3, -0.25) is 0 Å². The molecule has 1 aliphatic carbocycles. The third kappa shape index (κ3) is 1.45. The predicted molar refractivity (Wildman–Crippen MR) is 49.1 cm³/mol. The summed E-state index contributed by atoms with van der Waals surface area (Å²) < 4.78 is 0. The van der Waals surface area contributed by atoms with E-state index in [1.807, 2.05) is 12.1 Å². The fraction of sp³-hybridized carbons (Fsp3) is 0.444. The minimum Gasteiger partial charge on any atom is -0.330 e. The lowest BCUT2D eigenvalue weighted by Gasteiger charge is -1.97. The van der Waals surface area contributed by atoms with E-state index in [-0.39, 0.29) is 0 Å². The maximum Gasteiger partial charge on any atom is 0.129 e. The Kier molecular flexibility index (Phi) is 2.03. The van der Waals surface area contributed by atoms with Gasteiger partial charge in [0, 0.05) is 11.6 Å². The molecule has 2 atom stereocenters. The summed E-state index contributed by atoms with van der Waals surface area (Å²) in [6.45, 7) is 0.763. The van der Waals surface area contributed by atoms with Crippen LogP contribution in [0.5, 0.6) is 0 Å². The Morgan fingerprint density at radius 2 is 2.42 bits per heavy atom. The van der Waals surface area contributed by atoms with E-state index >= 15 is 0 Å². The topological polar surface area (TPSA) is 38.9 Å². The summed E-state index contributed by atoms with van der Waals surface area (Å²) >= 11 is 5.77. The van der Waals surface area contributed by atoms with Crippen molar-refractivity contribution in [2.24, 2.45) is 11.7 Å². The van der Waals surface area contributed by atoms with E-state index in [0.29, 0.717) is 17.0 Å². The Morgan fingerprint density at radius 1 is 1.58 bits per heavy atom. The lowest BCUT2D eigenvalue weighted by atomic mass is 10.2. The molecule has 2 nitrogen and oxygen atoms in total. The molecule has 1 fully saturated rings. The highest BCUT2D eigenvalue weighted by Gasteiger charge is 2.37. The average Bonchev–Trinajstić information content (AvgIpc) is 2.83. The number of hydrogen-bond donors (Lipinski definition) is 1. The predicted octanol–water partition coefficient (Wildman–Crippen LogP) is 1.80. The minimum atomic E-state index is 0.564. The van der Waals surface area contributed by atoms with Crippen molar-refractivity contribution >= 4 is 11.6 Å². The molecule has 64 valence electrons. The highest BCUT2D eigenvalue weighted by molar-refractivity contribution is 6.29. The van der Waals surface area contributed by atoms with Crippen LogP contribution in [0.3, 0.4) is 0 Å². The molecule has 1 aromatic heterocycles. The Balaban J connectivity index is 2.14. The highest BCUT2D eigenvalue weighted by Crippen LogP contribution is 2.45. The van der Waals surface area contributed by atoms with Gasteiger partial charge < -0.3 is 5.73 Å². The number of aromatic nitrogens is 1. The molecule has 0 saturated heterocycles. The number of nitrogens with two attached hydrogens (primary N) is 1. The van der Waals surface area contributed by atoms with Gasteiger partial charge in [-0.25, -0.2) is 4.98 Å². The zero-order chi connectivity index (χ0) is 8.55. The Bertz CT molecular complexity index is 288. The lowest BCUT2D eigenvalue weighted by molar-refractivity contribution is 0.797. The molecule has 1 aromatic rings. The Morgan fingerprint density at radius 3 is 3.00 bits per heavy atom. The van der Waals surface area contributed by atoms with Gasteiger partial charge in [0.2, 0.25) is 0 Å². The molecule has 2 rings (SSSR count). The molecule has 0 bridgehead atoms. The number of nitrogens with zero attached hydrogens (tertiary/aromatic N) is 1. The SMILES string of the molecule is NC[C@@H]1C[C@H]1c1cccc(Cl)n1. The molecule has 12 heavy (non-hydrogen) atoms. The molecule has 1 saturated carbocycles. The van der Waals surface area contributed by atoms with Gasteiger partial charge >= 0.3 is 0 Å². The quantitative estimate of drug-likeness (QED) is 0.709. The van der Waals surface area contributed by atoms with E-state index in [1.165, 1.54) is 6.42 Å². The van der Waals surface area contributed by atoms with Crippen molar-refractivity contribution in [3.8, 4) is 0 Å². The Hall–Kier alpha value is -0.600. The largest absolute Gasteiger partial charge is 0.330 e. The molecule has 0 unspecified atom stereocenters. The van der Waals surface area contributed by atoms with Crippen molar-refractivity contribution < 1.29 is 0 Å². The summed E-state index contributed by atoms with van der Waals surface area (Å²) in [4.78, 5) is 4.24. The van der Waals surface area contributed by atoms with Crippen molar-refractivity contribution in [1.82, 2.24) is 4.98 Å². The van der Waals surface area contributed by atoms with Gasteiger partial charge in [0.15, 0.2) is 0 Å². The monoisotopic (exact) mass is 182 g/mol. The number of halogens is 1. The second-order valence-electron chi connectivity index (χ2n) is 3.22. The zero-order valence-corrected chi connectivity index (χ0v) is 7.46. The summed E-state index contributed by atoms with van der Waals surface area (Å²) in [6, 6.07) is 5.76. The summed E-state index contributed by atoms with van der Waals surface area (Å²) in [5, 5.41) is 0.579. The van der Waals surface area contributed by atoms with Crippen LogP contribution in [0.15, 0.2) is 18.2 Å². The van der Waals surface area contributed by atoms with Crippen LogP contribution in [0, 0.1) is 5.92 Å². The van der Waals surface area contributed by atoms with Crippen LogP contribution in [-0.4, -0.2) is 11.5 Å².